The van der Waals surface area contributed by atoms with E-state index in [9.17, 15) is 14.4 Å². The fraction of sp³-hybridized carbons (Fsp3) is 0.560. The lowest BCUT2D eigenvalue weighted by molar-refractivity contribution is -0.189. The van der Waals surface area contributed by atoms with Crippen LogP contribution in [0.4, 0.5) is 4.79 Å². The molecule has 1 N–H and O–H groups in total. The van der Waals surface area contributed by atoms with Crippen LogP contribution in [0.5, 0.6) is 0 Å². The molecule has 0 saturated carbocycles. The zero-order valence-corrected chi connectivity index (χ0v) is 19.9. The number of piperazine rings is 1. The molecule has 1 aromatic carbocycles. The van der Waals surface area contributed by atoms with E-state index in [1.54, 1.807) is 19.8 Å². The summed E-state index contributed by atoms with van der Waals surface area (Å²) in [6, 6.07) is 8.75. The van der Waals surface area contributed by atoms with E-state index in [0.29, 0.717) is 19.5 Å². The van der Waals surface area contributed by atoms with E-state index >= 15 is 0 Å². The Morgan fingerprint density at radius 1 is 1.24 bits per heavy atom. The highest BCUT2D eigenvalue weighted by Crippen LogP contribution is 2.29. The highest BCUT2D eigenvalue weighted by Gasteiger charge is 2.51. The molecule has 0 radical (unpaired) electrons. The van der Waals surface area contributed by atoms with Crippen LogP contribution in [0.15, 0.2) is 30.3 Å². The van der Waals surface area contributed by atoms with Crippen molar-refractivity contribution >= 4 is 17.8 Å². The van der Waals surface area contributed by atoms with Gasteiger partial charge in [-0.15, -0.1) is 6.42 Å². The van der Waals surface area contributed by atoms with E-state index in [1.165, 1.54) is 0 Å². The second-order valence-corrected chi connectivity index (χ2v) is 9.09. The third kappa shape index (κ3) is 5.66. The number of nitrogens with one attached hydrogen (secondary N) is 1. The van der Waals surface area contributed by atoms with Crippen molar-refractivity contribution in [2.75, 3.05) is 26.2 Å². The maximum Gasteiger partial charge on any atom is 0.334 e. The lowest BCUT2D eigenvalue weighted by Gasteiger charge is -2.55. The van der Waals surface area contributed by atoms with Gasteiger partial charge in [0.15, 0.2) is 0 Å². The number of nitrogens with zero attached hydrogens (tertiary/aromatic N) is 4. The number of hydrogen-bond donors (Lipinski definition) is 1. The maximum absolute atomic E-state index is 13.4. The highest BCUT2D eigenvalue weighted by molar-refractivity contribution is 5.91. The van der Waals surface area contributed by atoms with Gasteiger partial charge >= 0.3 is 6.03 Å². The van der Waals surface area contributed by atoms with Gasteiger partial charge in [-0.05, 0) is 17.9 Å². The van der Waals surface area contributed by atoms with Crippen molar-refractivity contribution in [3.63, 3.8) is 0 Å². The van der Waals surface area contributed by atoms with E-state index in [2.05, 4.69) is 32.0 Å². The van der Waals surface area contributed by atoms with E-state index in [0.717, 1.165) is 18.4 Å². The summed E-state index contributed by atoms with van der Waals surface area (Å²) in [5.74, 6) is 2.64. The summed E-state index contributed by atoms with van der Waals surface area (Å²) in [7, 11) is 0. The van der Waals surface area contributed by atoms with Gasteiger partial charge in [-0.3, -0.25) is 9.59 Å². The number of fused-ring (bicyclic) bond motifs is 1. The number of hydrazine groups is 1. The molecule has 4 amide bonds. The lowest BCUT2D eigenvalue weighted by atomic mass is 10.00. The third-order valence-electron chi connectivity index (χ3n) is 6.02. The first-order valence-corrected chi connectivity index (χ1v) is 11.8. The van der Waals surface area contributed by atoms with Gasteiger partial charge in [0.05, 0.1) is 19.6 Å². The fourth-order valence-corrected chi connectivity index (χ4v) is 4.57. The molecule has 0 bridgehead atoms. The maximum atomic E-state index is 13.4. The predicted octanol–water partition coefficient (Wildman–Crippen LogP) is 2.27. The van der Waals surface area contributed by atoms with Crippen molar-refractivity contribution in [1.82, 2.24) is 25.1 Å². The van der Waals surface area contributed by atoms with Crippen LogP contribution in [0, 0.1) is 18.3 Å². The summed E-state index contributed by atoms with van der Waals surface area (Å²) in [5, 5.41) is 6.14. The monoisotopic (exact) mass is 453 g/mol. The number of carbonyl (C=O) groups is 3. The second kappa shape index (κ2) is 11.2. The Labute approximate surface area is 196 Å². The summed E-state index contributed by atoms with van der Waals surface area (Å²) in [6.07, 6.45) is 7.32. The quantitative estimate of drug-likeness (QED) is 0.613. The van der Waals surface area contributed by atoms with E-state index in [-0.39, 0.29) is 43.4 Å². The fourth-order valence-electron chi connectivity index (χ4n) is 4.57. The van der Waals surface area contributed by atoms with Gasteiger partial charge in [0.25, 0.3) is 0 Å². The van der Waals surface area contributed by atoms with Gasteiger partial charge in [-0.2, -0.15) is 5.01 Å². The molecular formula is C25H35N5O3. The molecule has 2 aliphatic heterocycles. The van der Waals surface area contributed by atoms with Gasteiger partial charge in [0.2, 0.25) is 11.8 Å². The summed E-state index contributed by atoms with van der Waals surface area (Å²) in [6.45, 7) is 7.48. The van der Waals surface area contributed by atoms with Crippen LogP contribution in [0.2, 0.25) is 0 Å². The van der Waals surface area contributed by atoms with Crippen molar-refractivity contribution in [2.45, 2.75) is 58.8 Å². The topological polar surface area (TPSA) is 76.2 Å². The first-order chi connectivity index (χ1) is 15.9. The number of terminal acetylenes is 1. The number of hydrogen-bond acceptors (Lipinski definition) is 4. The highest BCUT2D eigenvalue weighted by atomic mass is 16.2. The molecule has 2 aliphatic rings. The smallest absolute Gasteiger partial charge is 0.334 e. The second-order valence-electron chi connectivity index (χ2n) is 9.09. The zero-order valence-electron chi connectivity index (χ0n) is 19.9. The number of rotatable bonds is 8. The molecule has 0 unspecified atom stereocenters. The molecule has 2 heterocycles. The third-order valence-corrected chi connectivity index (χ3v) is 6.02. The number of urea groups is 1. The Morgan fingerprint density at radius 2 is 1.97 bits per heavy atom. The first-order valence-electron chi connectivity index (χ1n) is 11.8. The van der Waals surface area contributed by atoms with Crippen LogP contribution in [-0.2, 0) is 16.1 Å². The van der Waals surface area contributed by atoms with Crippen molar-refractivity contribution in [3.05, 3.63) is 35.9 Å². The standard InChI is InChI=1S/C25H35N5O3/c1-5-7-13-21-24(32)27(16-19(3)4)17-22-29(21)23(31)18-28(14-6-2)30(22)25(33)26-15-20-11-9-8-10-12-20/h2,8-12,19,21-22H,5,7,13-18H2,1,3-4H3,(H,26,33)/t21-,22-/m0/s1. The van der Waals surface area contributed by atoms with Crippen LogP contribution in [0.1, 0.15) is 45.6 Å². The SMILES string of the molecule is C#CCN1CC(=O)N2[C@@H](CCCC)C(=O)N(CC(C)C)C[C@@H]2N1C(=O)NCc1ccccc1. The van der Waals surface area contributed by atoms with E-state index in [4.69, 9.17) is 6.42 Å². The van der Waals surface area contributed by atoms with Crippen LogP contribution in [-0.4, -0.2) is 76.0 Å². The van der Waals surface area contributed by atoms with Crippen LogP contribution >= 0.6 is 0 Å². The van der Waals surface area contributed by atoms with Crippen LogP contribution < -0.4 is 5.32 Å². The van der Waals surface area contributed by atoms with Gasteiger partial charge in [0.1, 0.15) is 12.2 Å². The largest absolute Gasteiger partial charge is 0.337 e. The minimum atomic E-state index is -0.589. The summed E-state index contributed by atoms with van der Waals surface area (Å²) in [5.41, 5.74) is 0.973. The number of carbonyl (C=O) groups excluding carboxylic acids is 3. The van der Waals surface area contributed by atoms with Gasteiger partial charge in [0, 0.05) is 13.1 Å². The molecule has 0 aliphatic carbocycles. The first kappa shape index (κ1) is 24.6. The number of unbranched alkanes of at least 4 members (excludes halogenated alkanes) is 1. The Hall–Kier alpha value is -3.05. The Kier molecular flexibility index (Phi) is 8.34. The normalized spacial score (nSPS) is 21.2. The summed E-state index contributed by atoms with van der Waals surface area (Å²) in [4.78, 5) is 43.4. The molecule has 2 fully saturated rings. The molecule has 2 atom stereocenters. The van der Waals surface area contributed by atoms with Crippen LogP contribution in [0.25, 0.3) is 0 Å². The van der Waals surface area contributed by atoms with Crippen molar-refractivity contribution in [1.29, 1.82) is 0 Å². The van der Waals surface area contributed by atoms with Gasteiger partial charge < -0.3 is 15.1 Å². The Morgan fingerprint density at radius 3 is 2.61 bits per heavy atom. The van der Waals surface area contributed by atoms with Crippen LogP contribution in [0.3, 0.4) is 0 Å². The number of amides is 4. The minimum absolute atomic E-state index is 0.0282. The predicted molar refractivity (Wildman–Crippen MR) is 126 cm³/mol. The number of benzene rings is 1. The zero-order chi connectivity index (χ0) is 24.0. The van der Waals surface area contributed by atoms with Crippen molar-refractivity contribution < 1.29 is 14.4 Å². The van der Waals surface area contributed by atoms with Gasteiger partial charge in [-0.25, -0.2) is 9.80 Å². The van der Waals surface area contributed by atoms with Crippen molar-refractivity contribution in [3.8, 4) is 12.3 Å². The van der Waals surface area contributed by atoms with E-state index in [1.807, 2.05) is 30.3 Å². The molecule has 178 valence electrons. The van der Waals surface area contributed by atoms with Crippen molar-refractivity contribution in [2.24, 2.45) is 5.92 Å². The molecule has 8 heteroatoms. The molecule has 0 aromatic heterocycles. The van der Waals surface area contributed by atoms with Gasteiger partial charge in [-0.1, -0.05) is 69.9 Å². The molecular weight excluding hydrogens is 418 g/mol. The minimum Gasteiger partial charge on any atom is -0.337 e. The summed E-state index contributed by atoms with van der Waals surface area (Å²) < 4.78 is 0. The Bertz CT molecular complexity index is 882. The molecule has 33 heavy (non-hydrogen) atoms. The molecule has 2 saturated heterocycles. The average Bonchev–Trinajstić information content (AvgIpc) is 2.78. The molecule has 8 nitrogen and oxygen atoms in total. The molecule has 3 rings (SSSR count). The average molecular weight is 454 g/mol. The lowest BCUT2D eigenvalue weighted by Crippen LogP contribution is -2.76. The summed E-state index contributed by atoms with van der Waals surface area (Å²) >= 11 is 0. The molecule has 0 spiro atoms. The Balaban J connectivity index is 1.91. The molecule has 1 aromatic rings. The van der Waals surface area contributed by atoms with E-state index < -0.39 is 12.2 Å².